The van der Waals surface area contributed by atoms with Gasteiger partial charge in [0.2, 0.25) is 10.0 Å². The van der Waals surface area contributed by atoms with Gasteiger partial charge in [-0.15, -0.1) is 5.10 Å². The van der Waals surface area contributed by atoms with Crippen LogP contribution in [-0.4, -0.2) is 29.4 Å². The number of hydrogen-bond acceptors (Lipinski definition) is 5. The number of rotatable bonds is 7. The molecule has 0 bridgehead atoms. The van der Waals surface area contributed by atoms with Crippen LogP contribution in [0, 0.1) is 5.82 Å². The Bertz CT molecular complexity index is 1220. The van der Waals surface area contributed by atoms with Crippen molar-refractivity contribution in [1.82, 2.24) is 19.5 Å². The number of alkyl halides is 3. The van der Waals surface area contributed by atoms with Gasteiger partial charge in [-0.3, -0.25) is 4.57 Å². The van der Waals surface area contributed by atoms with Gasteiger partial charge in [-0.25, -0.2) is 12.8 Å². The lowest BCUT2D eigenvalue weighted by Crippen LogP contribution is -2.39. The number of halogens is 6. The van der Waals surface area contributed by atoms with E-state index in [1.165, 1.54) is 19.1 Å². The summed E-state index contributed by atoms with van der Waals surface area (Å²) < 4.78 is 87.8. The SMILES string of the molecule is CCn1c(Oc2ccc(F)cc2)nnc1[C@H](NS(=O)(=O)c1ccc(Cl)c(Cl)c1)C(F)(F)F. The number of aromatic nitrogens is 3. The second-order valence-electron chi connectivity index (χ2n) is 6.31. The molecule has 0 fully saturated rings. The number of nitrogens with one attached hydrogen (secondary N) is 1. The molecular weight excluding hydrogens is 499 g/mol. The van der Waals surface area contributed by atoms with E-state index in [1.54, 1.807) is 4.72 Å². The Labute approximate surface area is 190 Å². The van der Waals surface area contributed by atoms with Crippen LogP contribution in [0.5, 0.6) is 11.8 Å². The standard InChI is InChI=1S/C18H14Cl2F4N4O3S/c1-2-28-16(25-26-17(28)31-11-5-3-10(21)4-6-11)15(18(22,23)24)27-32(29,30)12-7-8-13(19)14(20)9-12/h3-9,15,27H,2H2,1H3/t15-/m0/s1. The average Bonchev–Trinajstić information content (AvgIpc) is 3.11. The third kappa shape index (κ3) is 5.31. The van der Waals surface area contributed by atoms with Crippen molar-refractivity contribution in [2.75, 3.05) is 0 Å². The molecule has 0 aliphatic rings. The Morgan fingerprint density at radius 3 is 2.31 bits per heavy atom. The van der Waals surface area contributed by atoms with Crippen LogP contribution in [-0.2, 0) is 16.6 Å². The Kier molecular flexibility index (Phi) is 6.98. The van der Waals surface area contributed by atoms with E-state index in [2.05, 4.69) is 10.2 Å². The third-order valence-electron chi connectivity index (χ3n) is 4.14. The lowest BCUT2D eigenvalue weighted by atomic mass is 10.3. The van der Waals surface area contributed by atoms with Gasteiger partial charge in [0.05, 0.1) is 14.9 Å². The molecule has 0 saturated carbocycles. The topological polar surface area (TPSA) is 86.1 Å². The molecule has 172 valence electrons. The molecule has 7 nitrogen and oxygen atoms in total. The molecule has 2 aromatic carbocycles. The molecule has 1 N–H and O–H groups in total. The van der Waals surface area contributed by atoms with E-state index in [4.69, 9.17) is 27.9 Å². The van der Waals surface area contributed by atoms with E-state index in [0.29, 0.717) is 0 Å². The molecule has 1 heterocycles. The predicted octanol–water partition coefficient (Wildman–Crippen LogP) is 5.12. The first-order valence-corrected chi connectivity index (χ1v) is 11.1. The minimum atomic E-state index is -5.07. The van der Waals surface area contributed by atoms with Crippen LogP contribution in [0.15, 0.2) is 47.4 Å². The average molecular weight is 513 g/mol. The molecule has 0 amide bonds. The first-order valence-electron chi connectivity index (χ1n) is 8.83. The summed E-state index contributed by atoms with van der Waals surface area (Å²) in [4.78, 5) is -0.522. The van der Waals surface area contributed by atoms with E-state index in [-0.39, 0.29) is 28.3 Å². The summed E-state index contributed by atoms with van der Waals surface area (Å²) in [6.45, 7) is 1.41. The highest BCUT2D eigenvalue weighted by Crippen LogP contribution is 2.35. The molecule has 0 unspecified atom stereocenters. The number of hydrogen-bond donors (Lipinski definition) is 1. The van der Waals surface area contributed by atoms with Crippen molar-refractivity contribution in [3.8, 4) is 11.8 Å². The molecular formula is C18H14Cl2F4N4O3S. The van der Waals surface area contributed by atoms with Crippen LogP contribution >= 0.6 is 23.2 Å². The molecule has 0 radical (unpaired) electrons. The van der Waals surface area contributed by atoms with Crippen LogP contribution in [0.1, 0.15) is 18.8 Å². The van der Waals surface area contributed by atoms with Crippen molar-refractivity contribution in [3.05, 3.63) is 64.2 Å². The lowest BCUT2D eigenvalue weighted by Gasteiger charge is -2.21. The summed E-state index contributed by atoms with van der Waals surface area (Å²) in [5.41, 5.74) is 0. The Balaban J connectivity index is 1.98. The Hall–Kier alpha value is -2.41. The van der Waals surface area contributed by atoms with Gasteiger partial charge in [-0.05, 0) is 49.4 Å². The maximum absolute atomic E-state index is 13.9. The van der Waals surface area contributed by atoms with Crippen LogP contribution < -0.4 is 9.46 Å². The maximum atomic E-state index is 13.9. The zero-order chi connectivity index (χ0) is 23.7. The summed E-state index contributed by atoms with van der Waals surface area (Å²) in [6, 6.07) is 4.67. The van der Waals surface area contributed by atoms with Crippen LogP contribution in [0.25, 0.3) is 0 Å². The number of nitrogens with zero attached hydrogens (tertiary/aromatic N) is 3. The fourth-order valence-electron chi connectivity index (χ4n) is 2.63. The molecule has 3 aromatic rings. The summed E-state index contributed by atoms with van der Waals surface area (Å²) in [7, 11) is -4.69. The molecule has 3 rings (SSSR count). The zero-order valence-corrected chi connectivity index (χ0v) is 18.4. The highest BCUT2D eigenvalue weighted by Gasteiger charge is 2.47. The van der Waals surface area contributed by atoms with Crippen molar-refractivity contribution in [3.63, 3.8) is 0 Å². The molecule has 32 heavy (non-hydrogen) atoms. The second kappa shape index (κ2) is 9.22. The highest BCUT2D eigenvalue weighted by atomic mass is 35.5. The van der Waals surface area contributed by atoms with Crippen molar-refractivity contribution in [2.45, 2.75) is 30.6 Å². The molecule has 0 spiro atoms. The number of sulfonamides is 1. The highest BCUT2D eigenvalue weighted by molar-refractivity contribution is 7.89. The molecule has 0 saturated heterocycles. The zero-order valence-electron chi connectivity index (χ0n) is 16.1. The first-order chi connectivity index (χ1) is 14.9. The van der Waals surface area contributed by atoms with E-state index >= 15 is 0 Å². The third-order valence-corrected chi connectivity index (χ3v) is 6.30. The monoisotopic (exact) mass is 512 g/mol. The van der Waals surface area contributed by atoms with Gasteiger partial charge < -0.3 is 4.74 Å². The van der Waals surface area contributed by atoms with Crippen LogP contribution in [0.3, 0.4) is 0 Å². The van der Waals surface area contributed by atoms with Gasteiger partial charge in [0.1, 0.15) is 11.6 Å². The van der Waals surface area contributed by atoms with Gasteiger partial charge in [0.15, 0.2) is 11.9 Å². The Morgan fingerprint density at radius 1 is 1.09 bits per heavy atom. The van der Waals surface area contributed by atoms with Crippen LogP contribution in [0.2, 0.25) is 10.0 Å². The van der Waals surface area contributed by atoms with Gasteiger partial charge >= 0.3 is 12.2 Å². The van der Waals surface area contributed by atoms with E-state index in [0.717, 1.165) is 34.9 Å². The van der Waals surface area contributed by atoms with Crippen molar-refractivity contribution >= 4 is 33.2 Å². The summed E-state index contributed by atoms with van der Waals surface area (Å²) in [5.74, 6) is -1.19. The predicted molar refractivity (Wildman–Crippen MR) is 108 cm³/mol. The van der Waals surface area contributed by atoms with E-state index in [9.17, 15) is 26.0 Å². The molecule has 0 aliphatic heterocycles. The maximum Gasteiger partial charge on any atom is 0.412 e. The van der Waals surface area contributed by atoms with Crippen LogP contribution in [0.4, 0.5) is 17.6 Å². The van der Waals surface area contributed by atoms with Crippen molar-refractivity contribution < 1.29 is 30.7 Å². The molecule has 0 aliphatic carbocycles. The van der Waals surface area contributed by atoms with Crippen molar-refractivity contribution in [2.24, 2.45) is 0 Å². The normalized spacial score (nSPS) is 13.2. The van der Waals surface area contributed by atoms with E-state index < -0.39 is 38.8 Å². The summed E-state index contributed by atoms with van der Waals surface area (Å²) >= 11 is 11.5. The number of ether oxygens (including phenoxy) is 1. The second-order valence-corrected chi connectivity index (χ2v) is 8.84. The summed E-state index contributed by atoms with van der Waals surface area (Å²) in [5, 5.41) is 6.97. The van der Waals surface area contributed by atoms with Crippen molar-refractivity contribution in [1.29, 1.82) is 0 Å². The quantitative estimate of drug-likeness (QED) is 0.444. The van der Waals surface area contributed by atoms with E-state index in [1.807, 2.05) is 0 Å². The fourth-order valence-corrected chi connectivity index (χ4v) is 4.20. The summed E-state index contributed by atoms with van der Waals surface area (Å²) in [6.07, 6.45) is -5.07. The largest absolute Gasteiger partial charge is 0.424 e. The molecule has 14 heteroatoms. The smallest absolute Gasteiger partial charge is 0.412 e. The lowest BCUT2D eigenvalue weighted by molar-refractivity contribution is -0.155. The minimum Gasteiger partial charge on any atom is -0.424 e. The molecule has 1 atom stereocenters. The Morgan fingerprint density at radius 2 is 1.75 bits per heavy atom. The first kappa shape index (κ1) is 24.2. The minimum absolute atomic E-state index is 0.0336. The van der Waals surface area contributed by atoms with Gasteiger partial charge in [0.25, 0.3) is 0 Å². The number of benzene rings is 2. The van der Waals surface area contributed by atoms with Gasteiger partial charge in [-0.2, -0.15) is 17.9 Å². The van der Waals surface area contributed by atoms with Gasteiger partial charge in [0, 0.05) is 6.54 Å². The molecule has 1 aromatic heterocycles. The fraction of sp³-hybridized carbons (Fsp3) is 0.222. The van der Waals surface area contributed by atoms with Gasteiger partial charge in [-0.1, -0.05) is 28.3 Å².